The van der Waals surface area contributed by atoms with Crippen LogP contribution < -0.4 is 0 Å². The molecule has 0 amide bonds. The Morgan fingerprint density at radius 1 is 1.45 bits per heavy atom. The van der Waals surface area contributed by atoms with Crippen LogP contribution in [0.5, 0.6) is 0 Å². The van der Waals surface area contributed by atoms with E-state index in [-0.39, 0.29) is 40.1 Å². The number of thiophene rings is 1. The van der Waals surface area contributed by atoms with Gasteiger partial charge in [-0.15, -0.1) is 23.6 Å². The van der Waals surface area contributed by atoms with Crippen LogP contribution in [0, 0.1) is 13.5 Å². The van der Waals surface area contributed by atoms with Crippen molar-refractivity contribution in [3.05, 3.63) is 37.2 Å². The number of hydrogen-bond donors (Lipinski definition) is 0. The molecule has 0 atom stereocenters. The van der Waals surface area contributed by atoms with Gasteiger partial charge in [0.15, 0.2) is 0 Å². The van der Waals surface area contributed by atoms with Crippen molar-refractivity contribution in [3.8, 4) is 0 Å². The van der Waals surface area contributed by atoms with Crippen molar-refractivity contribution >= 4 is 21.6 Å². The Hall–Kier alpha value is 0.214. The minimum Gasteiger partial charge on any atom is -0.358 e. The van der Waals surface area contributed by atoms with Gasteiger partial charge in [-0.1, -0.05) is 11.6 Å². The smallest absolute Gasteiger partial charge is 0.0282 e. The second-order valence-corrected chi connectivity index (χ2v) is 2.62. The van der Waals surface area contributed by atoms with Gasteiger partial charge in [0.2, 0.25) is 0 Å². The molecule has 0 saturated heterocycles. The first kappa shape index (κ1) is 11.2. The van der Waals surface area contributed by atoms with E-state index < -0.39 is 0 Å². The molecule has 55 valence electrons. The normalized spacial score (nSPS) is 8.36. The zero-order valence-electron chi connectivity index (χ0n) is 6.24. The predicted octanol–water partition coefficient (Wildman–Crippen LogP) is 2.54. The third-order valence-electron chi connectivity index (χ3n) is 1.15. The van der Waals surface area contributed by atoms with Gasteiger partial charge in [0.1, 0.15) is 0 Å². The molecule has 1 nitrogen and oxygen atoms in total. The van der Waals surface area contributed by atoms with E-state index in [1.807, 2.05) is 17.5 Å². The van der Waals surface area contributed by atoms with E-state index in [2.05, 4.69) is 11.1 Å². The number of rotatable bonds is 0. The summed E-state index contributed by atoms with van der Waals surface area (Å²) < 4.78 is 0. The van der Waals surface area contributed by atoms with E-state index in [4.69, 9.17) is 0 Å². The van der Waals surface area contributed by atoms with E-state index in [9.17, 15) is 0 Å². The maximum absolute atomic E-state index is 4.13. The molecular weight excluding hydrogens is 231 g/mol. The summed E-state index contributed by atoms with van der Waals surface area (Å²) in [6.07, 6.45) is 1.76. The molecule has 2 aromatic rings. The van der Waals surface area contributed by atoms with Crippen molar-refractivity contribution in [2.75, 3.05) is 0 Å². The Kier molecular flexibility index (Phi) is 5.06. The second-order valence-electron chi connectivity index (χ2n) is 1.73. The van der Waals surface area contributed by atoms with Crippen LogP contribution in [0.4, 0.5) is 0 Å². The third-order valence-corrected chi connectivity index (χ3v) is 1.97. The number of fused-ring (bicyclic) bond motifs is 1. The molecule has 0 aliphatic heterocycles. The first-order chi connectivity index (χ1) is 4.47. The SMILES string of the molecule is [CH3-].[Y].[c-]1ccnc2sccc12. The first-order valence-corrected chi connectivity index (χ1v) is 3.55. The van der Waals surface area contributed by atoms with E-state index in [0.29, 0.717) is 0 Å². The molecule has 0 unspecified atom stereocenters. The van der Waals surface area contributed by atoms with Crippen molar-refractivity contribution < 1.29 is 32.7 Å². The summed E-state index contributed by atoms with van der Waals surface area (Å²) in [5.41, 5.74) is 0. The fraction of sp³-hybridized carbons (Fsp3) is 0. The summed E-state index contributed by atoms with van der Waals surface area (Å²) in [6.45, 7) is 0. The largest absolute Gasteiger partial charge is 0.358 e. The van der Waals surface area contributed by atoms with Gasteiger partial charge in [0.25, 0.3) is 0 Å². The Labute approximate surface area is 95.7 Å². The van der Waals surface area contributed by atoms with E-state index in [1.165, 1.54) is 0 Å². The van der Waals surface area contributed by atoms with E-state index in [0.717, 1.165) is 10.2 Å². The molecule has 2 rings (SSSR count). The predicted molar refractivity (Wildman–Crippen MR) is 44.9 cm³/mol. The van der Waals surface area contributed by atoms with Gasteiger partial charge < -0.3 is 12.4 Å². The fourth-order valence-corrected chi connectivity index (χ4v) is 1.45. The fourth-order valence-electron chi connectivity index (χ4n) is 0.743. The molecule has 2 heterocycles. The van der Waals surface area contributed by atoms with Crippen LogP contribution in [-0.2, 0) is 32.7 Å². The summed E-state index contributed by atoms with van der Waals surface area (Å²) in [4.78, 5) is 5.20. The molecule has 3 heteroatoms. The molecular formula is C8H7NSY-2. The van der Waals surface area contributed by atoms with E-state index >= 15 is 0 Å². The van der Waals surface area contributed by atoms with Gasteiger partial charge in [0, 0.05) is 37.5 Å². The Bertz CT molecular complexity index is 288. The number of pyridine rings is 1. The molecule has 1 radical (unpaired) electrons. The van der Waals surface area contributed by atoms with Crippen molar-refractivity contribution in [3.63, 3.8) is 0 Å². The van der Waals surface area contributed by atoms with Crippen LogP contribution in [0.3, 0.4) is 0 Å². The van der Waals surface area contributed by atoms with Crippen LogP contribution in [0.1, 0.15) is 0 Å². The zero-order valence-corrected chi connectivity index (χ0v) is 9.90. The van der Waals surface area contributed by atoms with Gasteiger partial charge in [-0.2, -0.15) is 11.3 Å². The molecule has 11 heavy (non-hydrogen) atoms. The third kappa shape index (κ3) is 2.33. The molecule has 0 N–H and O–H groups in total. The Balaban J connectivity index is 0.000000500. The van der Waals surface area contributed by atoms with Crippen LogP contribution >= 0.6 is 11.3 Å². The van der Waals surface area contributed by atoms with Gasteiger partial charge in [-0.3, -0.25) is 0 Å². The summed E-state index contributed by atoms with van der Waals surface area (Å²) in [5.74, 6) is 0. The van der Waals surface area contributed by atoms with Gasteiger partial charge >= 0.3 is 0 Å². The average Bonchev–Trinajstić information content (AvgIpc) is 2.33. The monoisotopic (exact) mass is 238 g/mol. The van der Waals surface area contributed by atoms with Crippen molar-refractivity contribution in [2.45, 2.75) is 0 Å². The standard InChI is InChI=1S/C7H4NS.CH3.Y/c1-2-6-3-5-9-7(6)8-4-1;;/h1,3-5H;1H3;/q2*-1;. The quantitative estimate of drug-likeness (QED) is 0.643. The summed E-state index contributed by atoms with van der Waals surface area (Å²) in [6, 6.07) is 6.93. The van der Waals surface area contributed by atoms with Crippen molar-refractivity contribution in [1.82, 2.24) is 4.98 Å². The van der Waals surface area contributed by atoms with Crippen LogP contribution in [0.2, 0.25) is 0 Å². The molecule has 0 saturated carbocycles. The molecule has 0 aliphatic carbocycles. The van der Waals surface area contributed by atoms with Crippen LogP contribution in [0.25, 0.3) is 10.2 Å². The zero-order chi connectivity index (χ0) is 6.10. The maximum atomic E-state index is 4.13. The second kappa shape index (κ2) is 4.97. The molecule has 0 fully saturated rings. The maximum Gasteiger partial charge on any atom is 0.0282 e. The van der Waals surface area contributed by atoms with E-state index in [1.54, 1.807) is 17.5 Å². The molecule has 2 aromatic heterocycles. The van der Waals surface area contributed by atoms with Gasteiger partial charge in [-0.25, -0.2) is 0 Å². The average molecular weight is 238 g/mol. The summed E-state index contributed by atoms with van der Waals surface area (Å²) >= 11 is 1.64. The summed E-state index contributed by atoms with van der Waals surface area (Å²) in [5, 5.41) is 3.14. The Morgan fingerprint density at radius 2 is 2.27 bits per heavy atom. The minimum atomic E-state index is 0. The van der Waals surface area contributed by atoms with Crippen LogP contribution in [-0.4, -0.2) is 4.98 Å². The minimum absolute atomic E-state index is 0. The number of aromatic nitrogens is 1. The number of hydrogen-bond acceptors (Lipinski definition) is 2. The molecule has 0 spiro atoms. The Morgan fingerprint density at radius 3 is 3.00 bits per heavy atom. The molecule has 0 aromatic carbocycles. The van der Waals surface area contributed by atoms with Crippen LogP contribution in [0.15, 0.2) is 23.7 Å². The van der Waals surface area contributed by atoms with Gasteiger partial charge in [-0.05, 0) is 0 Å². The topological polar surface area (TPSA) is 12.9 Å². The summed E-state index contributed by atoms with van der Waals surface area (Å²) in [7, 11) is 0. The van der Waals surface area contributed by atoms with Crippen molar-refractivity contribution in [2.24, 2.45) is 0 Å². The van der Waals surface area contributed by atoms with Gasteiger partial charge in [0.05, 0.1) is 0 Å². The van der Waals surface area contributed by atoms with Crippen molar-refractivity contribution in [1.29, 1.82) is 0 Å². The first-order valence-electron chi connectivity index (χ1n) is 2.67. The number of nitrogens with zero attached hydrogens (tertiary/aromatic N) is 1. The molecule has 0 bridgehead atoms. The molecule has 0 aliphatic rings.